The molecule has 0 atom stereocenters. The smallest absolute Gasteiger partial charge is 0.0491 e. The number of nitrogens with zero attached hydrogens (tertiary/aromatic N) is 2. The van der Waals surface area contributed by atoms with Gasteiger partial charge in [-0.1, -0.05) is 86.6 Å². The lowest BCUT2D eigenvalue weighted by Gasteiger charge is -2.39. The molecule has 0 amide bonds. The van der Waals surface area contributed by atoms with Gasteiger partial charge in [0.25, 0.3) is 0 Å². The summed E-state index contributed by atoms with van der Waals surface area (Å²) < 4.78 is 0. The summed E-state index contributed by atoms with van der Waals surface area (Å²) in [7, 11) is 0. The zero-order chi connectivity index (χ0) is 23.1. The molecule has 0 saturated heterocycles. The number of para-hydroxylation sites is 4. The Morgan fingerprint density at radius 2 is 0.676 bits per heavy atom. The first kappa shape index (κ1) is 20.8. The second kappa shape index (κ2) is 8.53. The molecule has 0 bridgehead atoms. The number of hydrogen-bond acceptors (Lipinski definition) is 2. The van der Waals surface area contributed by atoms with Crippen molar-refractivity contribution in [2.75, 3.05) is 22.9 Å². The van der Waals surface area contributed by atoms with Crippen molar-refractivity contribution >= 4 is 33.9 Å². The second-order valence-electron chi connectivity index (χ2n) is 9.12. The van der Waals surface area contributed by atoms with E-state index in [0.717, 1.165) is 25.9 Å². The lowest BCUT2D eigenvalue weighted by Crippen LogP contribution is -2.26. The molecule has 0 radical (unpaired) electrons. The third-order valence-electron chi connectivity index (χ3n) is 7.00. The molecule has 6 rings (SSSR count). The van der Waals surface area contributed by atoms with E-state index in [9.17, 15) is 0 Å². The number of hydrogen-bond donors (Lipinski definition) is 0. The van der Waals surface area contributed by atoms with Crippen LogP contribution in [0.4, 0.5) is 22.7 Å². The van der Waals surface area contributed by atoms with Gasteiger partial charge in [0.2, 0.25) is 0 Å². The monoisotopic (exact) mass is 442 g/mol. The lowest BCUT2D eigenvalue weighted by atomic mass is 9.79. The normalized spacial score (nSPS) is 13.8. The van der Waals surface area contributed by atoms with E-state index in [1.54, 1.807) is 0 Å². The van der Waals surface area contributed by atoms with E-state index in [1.165, 1.54) is 56.1 Å². The number of rotatable bonds is 4. The summed E-state index contributed by atoms with van der Waals surface area (Å²) in [6, 6.07) is 35.8. The molecule has 2 aliphatic rings. The van der Waals surface area contributed by atoms with Gasteiger partial charge in [0.15, 0.2) is 0 Å². The van der Waals surface area contributed by atoms with E-state index in [4.69, 9.17) is 0 Å². The first-order valence-corrected chi connectivity index (χ1v) is 12.5. The Labute approximate surface area is 202 Å². The third-order valence-corrected chi connectivity index (χ3v) is 7.00. The highest BCUT2D eigenvalue weighted by molar-refractivity contribution is 6.15. The zero-order valence-corrected chi connectivity index (χ0v) is 20.0. The van der Waals surface area contributed by atoms with Crippen LogP contribution in [-0.2, 0) is 0 Å². The maximum atomic E-state index is 2.50. The van der Waals surface area contributed by atoms with Gasteiger partial charge < -0.3 is 9.80 Å². The molecule has 2 nitrogen and oxygen atoms in total. The molecule has 2 aliphatic heterocycles. The van der Waals surface area contributed by atoms with Gasteiger partial charge in [0.1, 0.15) is 0 Å². The molecule has 0 fully saturated rings. The van der Waals surface area contributed by atoms with Crippen LogP contribution in [0.25, 0.3) is 11.1 Å². The first-order chi connectivity index (χ1) is 16.8. The summed E-state index contributed by atoms with van der Waals surface area (Å²) in [4.78, 5) is 5.00. The highest BCUT2D eigenvalue weighted by Gasteiger charge is 2.33. The van der Waals surface area contributed by atoms with E-state index in [2.05, 4.69) is 121 Å². The maximum Gasteiger partial charge on any atom is 0.0491 e. The van der Waals surface area contributed by atoms with Gasteiger partial charge in [0, 0.05) is 69.2 Å². The SMILES string of the molecule is CCCN1c2ccccc2C(=C2c3ccccc3N(CCC)c3ccccc32)c2ccccc21. The Morgan fingerprint density at radius 1 is 0.412 bits per heavy atom. The summed E-state index contributed by atoms with van der Waals surface area (Å²) >= 11 is 0. The van der Waals surface area contributed by atoms with Crippen LogP contribution in [-0.4, -0.2) is 13.1 Å². The lowest BCUT2D eigenvalue weighted by molar-refractivity contribution is 0.877. The van der Waals surface area contributed by atoms with Crippen LogP contribution in [0, 0.1) is 0 Å². The minimum atomic E-state index is 1.01. The molecule has 2 heterocycles. The van der Waals surface area contributed by atoms with Crippen LogP contribution < -0.4 is 9.80 Å². The Morgan fingerprint density at radius 3 is 0.941 bits per heavy atom. The average molecular weight is 443 g/mol. The predicted molar refractivity (Wildman–Crippen MR) is 145 cm³/mol. The standard InChI is InChI=1S/C32H30N2/c1-3-21-33-27-17-9-5-13-23(27)31(24-14-6-10-18-28(24)33)32-25-15-7-11-19-29(25)34(22-4-2)30-20-12-8-16-26(30)32/h5-20H,3-4,21-22H2,1-2H3. The van der Waals surface area contributed by atoms with Crippen LogP contribution in [0.1, 0.15) is 48.9 Å². The van der Waals surface area contributed by atoms with Crippen LogP contribution in [0.5, 0.6) is 0 Å². The molecule has 34 heavy (non-hydrogen) atoms. The molecule has 0 aliphatic carbocycles. The highest BCUT2D eigenvalue weighted by atomic mass is 15.2. The van der Waals surface area contributed by atoms with E-state index >= 15 is 0 Å². The predicted octanol–water partition coefficient (Wildman–Crippen LogP) is 8.42. The second-order valence-corrected chi connectivity index (χ2v) is 9.12. The van der Waals surface area contributed by atoms with Gasteiger partial charge in [-0.15, -0.1) is 0 Å². The molecule has 0 spiro atoms. The third kappa shape index (κ3) is 3.09. The van der Waals surface area contributed by atoms with Crippen molar-refractivity contribution in [3.05, 3.63) is 119 Å². The summed E-state index contributed by atoms with van der Waals surface area (Å²) in [5.41, 5.74) is 13.2. The van der Waals surface area contributed by atoms with Gasteiger partial charge in [-0.05, 0) is 37.1 Å². The fourth-order valence-electron chi connectivity index (χ4n) is 5.70. The fourth-order valence-corrected chi connectivity index (χ4v) is 5.70. The molecule has 2 heteroatoms. The number of fused-ring (bicyclic) bond motifs is 4. The topological polar surface area (TPSA) is 6.48 Å². The fraction of sp³-hybridized carbons (Fsp3) is 0.188. The molecule has 4 aromatic rings. The summed E-state index contributed by atoms with van der Waals surface area (Å²) in [6.45, 7) is 6.53. The summed E-state index contributed by atoms with van der Waals surface area (Å²) in [5.74, 6) is 0. The number of anilines is 4. The van der Waals surface area contributed by atoms with E-state index in [1.807, 2.05) is 0 Å². The van der Waals surface area contributed by atoms with Crippen LogP contribution >= 0.6 is 0 Å². The van der Waals surface area contributed by atoms with E-state index in [-0.39, 0.29) is 0 Å². The van der Waals surface area contributed by atoms with Crippen molar-refractivity contribution in [3.8, 4) is 0 Å². The van der Waals surface area contributed by atoms with Crippen molar-refractivity contribution in [1.29, 1.82) is 0 Å². The van der Waals surface area contributed by atoms with Gasteiger partial charge in [0.05, 0.1) is 0 Å². The number of benzene rings is 4. The van der Waals surface area contributed by atoms with Gasteiger partial charge in [-0.2, -0.15) is 0 Å². The van der Waals surface area contributed by atoms with E-state index < -0.39 is 0 Å². The summed E-state index contributed by atoms with van der Waals surface area (Å²) in [5, 5.41) is 0. The highest BCUT2D eigenvalue weighted by Crippen LogP contribution is 2.53. The van der Waals surface area contributed by atoms with Gasteiger partial charge in [-0.25, -0.2) is 0 Å². The molecule has 0 N–H and O–H groups in total. The van der Waals surface area contributed by atoms with Crippen LogP contribution in [0.3, 0.4) is 0 Å². The van der Waals surface area contributed by atoms with Crippen molar-refractivity contribution in [2.24, 2.45) is 0 Å². The van der Waals surface area contributed by atoms with Gasteiger partial charge in [-0.3, -0.25) is 0 Å². The van der Waals surface area contributed by atoms with Crippen molar-refractivity contribution in [3.63, 3.8) is 0 Å². The Balaban J connectivity index is 1.75. The molecule has 168 valence electrons. The van der Waals surface area contributed by atoms with Gasteiger partial charge >= 0.3 is 0 Å². The molecule has 4 aromatic carbocycles. The van der Waals surface area contributed by atoms with Crippen LogP contribution in [0.2, 0.25) is 0 Å². The average Bonchev–Trinajstić information content (AvgIpc) is 2.89. The molecular formula is C32H30N2. The van der Waals surface area contributed by atoms with Crippen molar-refractivity contribution in [1.82, 2.24) is 0 Å². The largest absolute Gasteiger partial charge is 0.340 e. The van der Waals surface area contributed by atoms with Crippen LogP contribution in [0.15, 0.2) is 97.1 Å². The molecule has 0 unspecified atom stereocenters. The van der Waals surface area contributed by atoms with E-state index in [0.29, 0.717) is 0 Å². The minimum absolute atomic E-state index is 1.01. The van der Waals surface area contributed by atoms with Crippen molar-refractivity contribution in [2.45, 2.75) is 26.7 Å². The Kier molecular flexibility index (Phi) is 5.22. The molecular weight excluding hydrogens is 412 g/mol. The molecule has 0 saturated carbocycles. The first-order valence-electron chi connectivity index (χ1n) is 12.5. The minimum Gasteiger partial charge on any atom is -0.340 e. The summed E-state index contributed by atoms with van der Waals surface area (Å²) in [6.07, 6.45) is 2.21. The van der Waals surface area contributed by atoms with Crippen molar-refractivity contribution < 1.29 is 0 Å². The quantitative estimate of drug-likeness (QED) is 0.313. The zero-order valence-electron chi connectivity index (χ0n) is 20.0. The Bertz CT molecular complexity index is 1190. The maximum absolute atomic E-state index is 2.50. The molecule has 0 aromatic heterocycles. The Hall–Kier alpha value is -3.78.